The van der Waals surface area contributed by atoms with Gasteiger partial charge in [-0.3, -0.25) is 0 Å². The maximum Gasteiger partial charge on any atom is 0 e. The van der Waals surface area contributed by atoms with Gasteiger partial charge in [0, 0.05) is 18.6 Å². The van der Waals surface area contributed by atoms with Gasteiger partial charge in [-0.1, -0.05) is 31.5 Å². The fourth-order valence-electron chi connectivity index (χ4n) is 1.25. The van der Waals surface area contributed by atoms with Gasteiger partial charge in [-0.15, -0.1) is 0 Å². The molecule has 1 rings (SSSR count). The molecule has 0 unspecified atom stereocenters. The Hall–Kier alpha value is -0.196. The van der Waals surface area contributed by atoms with Crippen LogP contribution in [0.1, 0.15) is 36.1 Å². The van der Waals surface area contributed by atoms with Crippen LogP contribution in [0.5, 0.6) is 0 Å². The van der Waals surface area contributed by atoms with E-state index in [0.29, 0.717) is 0 Å². The van der Waals surface area contributed by atoms with Gasteiger partial charge in [-0.25, -0.2) is 0 Å². The van der Waals surface area contributed by atoms with Crippen LogP contribution < -0.4 is 0 Å². The monoisotopic (exact) mass is 215 g/mol. The number of hydrogen-bond acceptors (Lipinski definition) is 0. The van der Waals surface area contributed by atoms with Crippen LogP contribution in [-0.4, -0.2) is 0 Å². The molecule has 0 nitrogen and oxygen atoms in total. The molecule has 0 amide bonds. The Morgan fingerprint density at radius 1 is 0.769 bits per heavy atom. The van der Waals surface area contributed by atoms with Gasteiger partial charge in [0.1, 0.15) is 0 Å². The molecule has 1 heteroatoms. The quantitative estimate of drug-likeness (QED) is 0.614. The zero-order valence-corrected chi connectivity index (χ0v) is 11.0. The number of hydrogen-bond donors (Lipinski definition) is 0. The zero-order valence-electron chi connectivity index (χ0n) is 9.60. The van der Waals surface area contributed by atoms with E-state index in [2.05, 4.69) is 39.8 Å². The fourth-order valence-corrected chi connectivity index (χ4v) is 1.25. The molecule has 1 aromatic rings. The van der Waals surface area contributed by atoms with Crippen molar-refractivity contribution >= 4 is 0 Å². The molecular weight excluding hydrogens is 195 g/mol. The first-order valence-electron chi connectivity index (χ1n) is 4.65. The van der Waals surface area contributed by atoms with Crippen molar-refractivity contribution < 1.29 is 18.6 Å². The summed E-state index contributed by atoms with van der Waals surface area (Å²) in [5, 5.41) is 0. The van der Waals surface area contributed by atoms with Crippen LogP contribution in [0.3, 0.4) is 0 Å². The maximum absolute atomic E-state index is 2.22. The van der Waals surface area contributed by atoms with Gasteiger partial charge in [0.05, 0.1) is 0 Å². The van der Waals surface area contributed by atoms with Crippen molar-refractivity contribution in [3.05, 3.63) is 34.4 Å². The van der Waals surface area contributed by atoms with E-state index in [0.717, 1.165) is 0 Å². The summed E-state index contributed by atoms with van der Waals surface area (Å²) in [5.74, 6) is 0. The van der Waals surface area contributed by atoms with E-state index < -0.39 is 0 Å². The molecule has 0 aliphatic carbocycles. The standard InChI is InChI=1S/C10H14.C2H6.V/c1-7-5-8(2)10(4)9(3)6-7;1-2;/h5-6H,1-4H3;1-2H3;. The van der Waals surface area contributed by atoms with Gasteiger partial charge in [-0.05, 0) is 44.4 Å². The fraction of sp³-hybridized carbons (Fsp3) is 0.500. The summed E-state index contributed by atoms with van der Waals surface area (Å²) in [6.07, 6.45) is 0. The van der Waals surface area contributed by atoms with Gasteiger partial charge < -0.3 is 0 Å². The van der Waals surface area contributed by atoms with Crippen molar-refractivity contribution in [2.24, 2.45) is 0 Å². The molecule has 73 valence electrons. The summed E-state index contributed by atoms with van der Waals surface area (Å²) < 4.78 is 0. The van der Waals surface area contributed by atoms with E-state index in [1.54, 1.807) is 0 Å². The van der Waals surface area contributed by atoms with Crippen molar-refractivity contribution in [2.75, 3.05) is 0 Å². The molecule has 1 aromatic carbocycles. The Bertz CT molecular complexity index is 228. The van der Waals surface area contributed by atoms with Crippen LogP contribution in [0.25, 0.3) is 0 Å². The Labute approximate surface area is 94.6 Å². The Balaban J connectivity index is 0. The summed E-state index contributed by atoms with van der Waals surface area (Å²) in [7, 11) is 0. The van der Waals surface area contributed by atoms with Crippen molar-refractivity contribution in [3.63, 3.8) is 0 Å². The molecule has 0 heterocycles. The van der Waals surface area contributed by atoms with Crippen LogP contribution in [0, 0.1) is 27.7 Å². The second-order valence-corrected chi connectivity index (χ2v) is 3.02. The van der Waals surface area contributed by atoms with E-state index in [4.69, 9.17) is 0 Å². The molecule has 0 aliphatic heterocycles. The zero-order chi connectivity index (χ0) is 9.72. The van der Waals surface area contributed by atoms with Gasteiger partial charge in [0.15, 0.2) is 0 Å². The average molecular weight is 215 g/mol. The second-order valence-electron chi connectivity index (χ2n) is 3.02. The van der Waals surface area contributed by atoms with E-state index >= 15 is 0 Å². The third-order valence-corrected chi connectivity index (χ3v) is 2.07. The first kappa shape index (κ1) is 15.3. The molecule has 1 radical (unpaired) electrons. The van der Waals surface area contributed by atoms with Gasteiger partial charge in [-0.2, -0.15) is 0 Å². The minimum Gasteiger partial charge on any atom is -0.0683 e. The molecule has 0 atom stereocenters. The molecule has 13 heavy (non-hydrogen) atoms. The van der Waals surface area contributed by atoms with Crippen molar-refractivity contribution in [1.29, 1.82) is 0 Å². The predicted molar refractivity (Wildman–Crippen MR) is 56.7 cm³/mol. The van der Waals surface area contributed by atoms with Gasteiger partial charge >= 0.3 is 0 Å². The first-order chi connectivity index (χ1) is 5.61. The van der Waals surface area contributed by atoms with Crippen LogP contribution in [-0.2, 0) is 18.6 Å². The average Bonchev–Trinajstić information content (AvgIpc) is 2.04. The predicted octanol–water partition coefficient (Wildman–Crippen LogP) is 3.94. The first-order valence-corrected chi connectivity index (χ1v) is 4.65. The molecule has 0 fully saturated rings. The molecule has 0 bridgehead atoms. The largest absolute Gasteiger partial charge is 0.0683 e. The van der Waals surface area contributed by atoms with Crippen LogP contribution in [0.15, 0.2) is 12.1 Å². The third kappa shape index (κ3) is 4.54. The summed E-state index contributed by atoms with van der Waals surface area (Å²) in [6.45, 7) is 12.6. The Morgan fingerprint density at radius 3 is 1.38 bits per heavy atom. The Kier molecular flexibility index (Phi) is 8.50. The molecule has 0 aromatic heterocycles. The topological polar surface area (TPSA) is 0 Å². The molecule has 0 N–H and O–H groups in total. The maximum atomic E-state index is 2.22. The number of rotatable bonds is 0. The SMILES string of the molecule is CC.Cc1cc(C)c(C)c(C)c1.[V]. The summed E-state index contributed by atoms with van der Waals surface area (Å²) in [4.78, 5) is 0. The number of aryl methyl sites for hydroxylation is 3. The smallest absolute Gasteiger partial charge is 0 e. The molecule has 0 saturated carbocycles. The van der Waals surface area contributed by atoms with E-state index in [1.807, 2.05) is 13.8 Å². The van der Waals surface area contributed by atoms with Crippen LogP contribution in [0.2, 0.25) is 0 Å². The van der Waals surface area contributed by atoms with Crippen LogP contribution >= 0.6 is 0 Å². The van der Waals surface area contributed by atoms with E-state index in [-0.39, 0.29) is 18.6 Å². The summed E-state index contributed by atoms with van der Waals surface area (Å²) >= 11 is 0. The van der Waals surface area contributed by atoms with Crippen molar-refractivity contribution in [1.82, 2.24) is 0 Å². The van der Waals surface area contributed by atoms with E-state index in [9.17, 15) is 0 Å². The van der Waals surface area contributed by atoms with Crippen molar-refractivity contribution in [3.8, 4) is 0 Å². The molecule has 0 spiro atoms. The number of benzene rings is 1. The minimum absolute atomic E-state index is 0. The minimum atomic E-state index is 0. The van der Waals surface area contributed by atoms with Crippen molar-refractivity contribution in [2.45, 2.75) is 41.5 Å². The third-order valence-electron chi connectivity index (χ3n) is 2.07. The Morgan fingerprint density at radius 2 is 1.08 bits per heavy atom. The van der Waals surface area contributed by atoms with Gasteiger partial charge in [0.2, 0.25) is 0 Å². The normalized spacial score (nSPS) is 8.15. The molecular formula is C12H20V. The summed E-state index contributed by atoms with van der Waals surface area (Å²) in [6, 6.07) is 4.45. The van der Waals surface area contributed by atoms with E-state index in [1.165, 1.54) is 22.3 Å². The van der Waals surface area contributed by atoms with Crippen LogP contribution in [0.4, 0.5) is 0 Å². The van der Waals surface area contributed by atoms with Gasteiger partial charge in [0.25, 0.3) is 0 Å². The molecule has 0 saturated heterocycles. The summed E-state index contributed by atoms with van der Waals surface area (Å²) in [5.41, 5.74) is 5.58. The second kappa shape index (κ2) is 7.23. The molecule has 0 aliphatic rings.